The molecule has 0 amide bonds. The Morgan fingerprint density at radius 1 is 0.191 bits per heavy atom. The SMILES string of the molecule is Cc1c[c-]c(-c2ccc3ccccc3n2)cc1.Cc1c[c-]c(-c2nccc3ccccc23)cc1.[Ir].[Ir].[Ir].[Ir].[Ir].[c-]1ccccc1-c1ccc2ccccc2n1.[c-]1ccccc1-c1ccc2ccccc2n1.[c-]1ccccc1-c1ccccn1.[c-]1ccccc1-c1nccc2ccccc12.[c-]1ccccc1-c1nccc2ccccc12. The molecule has 7 heterocycles. The maximum absolute atomic E-state index is 4.64. The standard InChI is InChI=1S/2C16H12N.4C15H10N.C11H8N.5Ir/c1-12-6-8-14(9-7-12)16-15-5-3-2-4-13(15)10-11-17-16;1-12-6-8-14(9-7-12)16-11-10-13-4-2-3-5-15(13)17-16;2*1-2-7-13(8-3-1)15-14-9-5-4-6-12(14)10-11-16-15;2*1-2-6-12(7-3-1)15-11-10-13-8-4-5-9-14(13)16-15;1-2-6-10(7-3-1)11-8-4-5-9-12-11;;;;;/h2*2-8,10-11H,1H3;2*1-7,9-11H;2*1-6,8-11H;1-6,8-9H;;;;;/q7*-1;;;;;. The third-order valence-corrected chi connectivity index (χ3v) is 17.8. The number of rotatable bonds is 7. The van der Waals surface area contributed by atoms with Gasteiger partial charge in [-0.1, -0.05) is 190 Å². The average Bonchev–Trinajstić information content (AvgIpc) is 0.807. The summed E-state index contributed by atoms with van der Waals surface area (Å²) >= 11 is 0. The maximum Gasteiger partial charge on any atom is 0.0595 e. The zero-order valence-corrected chi connectivity index (χ0v) is 74.4. The van der Waals surface area contributed by atoms with Crippen LogP contribution in [-0.2, 0) is 101 Å². The summed E-state index contributed by atoms with van der Waals surface area (Å²) in [7, 11) is 0. The van der Waals surface area contributed by atoms with E-state index in [9.17, 15) is 0 Å². The first kappa shape index (κ1) is 87.7. The van der Waals surface area contributed by atoms with Gasteiger partial charge in [-0.2, -0.15) is 0 Å². The van der Waals surface area contributed by atoms with Gasteiger partial charge in [-0.15, -0.1) is 250 Å². The molecule has 0 spiro atoms. The first-order valence-electron chi connectivity index (χ1n) is 36.2. The summed E-state index contributed by atoms with van der Waals surface area (Å²) < 4.78 is 0. The second kappa shape index (κ2) is 45.6. The Hall–Kier alpha value is -11.3. The van der Waals surface area contributed by atoms with Crippen molar-refractivity contribution in [3.63, 3.8) is 0 Å². The van der Waals surface area contributed by atoms with Crippen LogP contribution in [0.1, 0.15) is 11.1 Å². The summed E-state index contributed by atoms with van der Waals surface area (Å²) in [4.78, 5) is 31.5. The molecule has 0 fully saturated rings. The van der Waals surface area contributed by atoms with Crippen molar-refractivity contribution < 1.29 is 101 Å². The van der Waals surface area contributed by atoms with Gasteiger partial charge in [0.25, 0.3) is 0 Å². The van der Waals surface area contributed by atoms with Crippen LogP contribution >= 0.6 is 0 Å². The van der Waals surface area contributed by atoms with Crippen LogP contribution in [0.5, 0.6) is 0 Å². The molecule has 0 bridgehead atoms. The number of aromatic nitrogens is 7. The Balaban J connectivity index is 0.000000153. The van der Waals surface area contributed by atoms with E-state index in [1.54, 1.807) is 6.20 Å². The zero-order chi connectivity index (χ0) is 74.7. The molecule has 7 nitrogen and oxygen atoms in total. The smallest absolute Gasteiger partial charge is 0.0595 e. The number of hydrogen-bond acceptors (Lipinski definition) is 7. The minimum Gasteiger partial charge on any atom is -0.305 e. The van der Waals surface area contributed by atoms with Crippen molar-refractivity contribution in [3.8, 4) is 78.8 Å². The summed E-state index contributed by atoms with van der Waals surface area (Å²) in [5.41, 5.74) is 19.7. The number of aryl methyl sites for hydroxylation is 2. The molecule has 571 valence electrons. The molecule has 0 saturated heterocycles. The Morgan fingerprint density at radius 3 is 0.783 bits per heavy atom. The van der Waals surface area contributed by atoms with E-state index in [-0.39, 0.29) is 101 Å². The quantitative estimate of drug-likeness (QED) is 0.147. The number of hydrogen-bond donors (Lipinski definition) is 0. The first-order chi connectivity index (χ1) is 54.4. The molecule has 7 aromatic heterocycles. The van der Waals surface area contributed by atoms with Crippen LogP contribution in [0, 0.1) is 56.3 Å². The van der Waals surface area contributed by atoms with Crippen LogP contribution in [0.2, 0.25) is 0 Å². The van der Waals surface area contributed by atoms with Crippen LogP contribution in [0.15, 0.2) is 401 Å². The van der Waals surface area contributed by atoms with E-state index < -0.39 is 0 Å². The van der Waals surface area contributed by atoms with Crippen LogP contribution in [0.4, 0.5) is 0 Å². The van der Waals surface area contributed by atoms with E-state index in [2.05, 4.69) is 188 Å². The van der Waals surface area contributed by atoms with Crippen LogP contribution < -0.4 is 0 Å². The molecule has 115 heavy (non-hydrogen) atoms. The van der Waals surface area contributed by atoms with Crippen molar-refractivity contribution in [2.24, 2.45) is 0 Å². The number of pyridine rings is 7. The molecular weight excluding hydrogens is 2300 g/mol. The molecule has 20 aromatic rings. The third kappa shape index (κ3) is 24.1. The monoisotopic (exact) mass is 2370 g/mol. The van der Waals surface area contributed by atoms with E-state index in [0.717, 1.165) is 95.4 Å². The summed E-state index contributed by atoms with van der Waals surface area (Å²) in [6.45, 7) is 4.13. The van der Waals surface area contributed by atoms with Gasteiger partial charge < -0.3 is 19.9 Å². The van der Waals surface area contributed by atoms with Gasteiger partial charge >= 0.3 is 0 Å². The molecule has 0 atom stereocenters. The number of fused-ring (bicyclic) bond motifs is 6. The number of para-hydroxylation sites is 3. The van der Waals surface area contributed by atoms with E-state index in [1.165, 1.54) is 59.6 Å². The minimum atomic E-state index is 0. The number of benzene rings is 13. The van der Waals surface area contributed by atoms with Gasteiger partial charge in [-0.25, -0.2) is 0 Å². The molecule has 12 heteroatoms. The van der Waals surface area contributed by atoms with E-state index in [0.29, 0.717) is 0 Å². The zero-order valence-electron chi connectivity index (χ0n) is 62.4. The van der Waals surface area contributed by atoms with E-state index in [4.69, 9.17) is 0 Å². The van der Waals surface area contributed by atoms with Gasteiger partial charge in [0.1, 0.15) is 0 Å². The fourth-order valence-electron chi connectivity index (χ4n) is 12.2. The van der Waals surface area contributed by atoms with Gasteiger partial charge in [0.15, 0.2) is 0 Å². The molecule has 13 aromatic carbocycles. The van der Waals surface area contributed by atoms with Crippen molar-refractivity contribution in [1.82, 2.24) is 34.9 Å². The van der Waals surface area contributed by atoms with Crippen molar-refractivity contribution in [3.05, 3.63) is 454 Å². The maximum atomic E-state index is 4.64. The Morgan fingerprint density at radius 2 is 0.470 bits per heavy atom. The molecule has 0 unspecified atom stereocenters. The second-order valence-corrected chi connectivity index (χ2v) is 25.5. The summed E-state index contributed by atoms with van der Waals surface area (Å²) in [5, 5.41) is 10.7. The summed E-state index contributed by atoms with van der Waals surface area (Å²) in [5.74, 6) is 0. The summed E-state index contributed by atoms with van der Waals surface area (Å²) in [6, 6.07) is 148. The Kier molecular flexibility index (Phi) is 34.7. The van der Waals surface area contributed by atoms with Crippen LogP contribution in [-0.4, -0.2) is 34.9 Å². The van der Waals surface area contributed by atoms with Crippen LogP contribution in [0.25, 0.3) is 144 Å². The second-order valence-electron chi connectivity index (χ2n) is 25.5. The van der Waals surface area contributed by atoms with Crippen LogP contribution in [0.3, 0.4) is 0 Å². The van der Waals surface area contributed by atoms with Gasteiger partial charge in [-0.3, -0.25) is 15.0 Å². The molecule has 0 aliphatic carbocycles. The van der Waals surface area contributed by atoms with Gasteiger partial charge in [0.2, 0.25) is 0 Å². The molecular formula is C103H72Ir5N7-7. The third-order valence-electron chi connectivity index (χ3n) is 17.8. The predicted octanol–water partition coefficient (Wildman–Crippen LogP) is 25.4. The minimum absolute atomic E-state index is 0. The molecule has 0 aliphatic heterocycles. The Labute approximate surface area is 740 Å². The topological polar surface area (TPSA) is 90.2 Å². The molecule has 0 N–H and O–H groups in total. The average molecular weight is 2370 g/mol. The van der Waals surface area contributed by atoms with Crippen molar-refractivity contribution >= 4 is 65.0 Å². The fraction of sp³-hybridized carbons (Fsp3) is 0.0194. The van der Waals surface area contributed by atoms with Gasteiger partial charge in [0.05, 0.1) is 16.6 Å². The first-order valence-corrected chi connectivity index (χ1v) is 36.2. The number of nitrogens with zero attached hydrogens (tertiary/aromatic N) is 7. The van der Waals surface area contributed by atoms with Crippen molar-refractivity contribution in [2.75, 3.05) is 0 Å². The predicted molar refractivity (Wildman–Crippen MR) is 454 cm³/mol. The molecule has 0 aliphatic rings. The molecule has 0 saturated carbocycles. The van der Waals surface area contributed by atoms with E-state index >= 15 is 0 Å². The summed E-state index contributed by atoms with van der Waals surface area (Å²) in [6.07, 6.45) is 7.33. The largest absolute Gasteiger partial charge is 0.305 e. The van der Waals surface area contributed by atoms with E-state index in [1.807, 2.05) is 298 Å². The van der Waals surface area contributed by atoms with Gasteiger partial charge in [-0.05, 0) is 131 Å². The normalized spacial score (nSPS) is 10.0. The fourth-order valence-corrected chi connectivity index (χ4v) is 12.2. The van der Waals surface area contributed by atoms with Gasteiger partial charge in [0, 0.05) is 125 Å². The van der Waals surface area contributed by atoms with Crippen molar-refractivity contribution in [2.45, 2.75) is 13.8 Å². The molecule has 20 rings (SSSR count). The molecule has 5 radical (unpaired) electrons. The Bertz CT molecular complexity index is 6000. The van der Waals surface area contributed by atoms with Crippen molar-refractivity contribution in [1.29, 1.82) is 0 Å².